The first-order valence-electron chi connectivity index (χ1n) is 4.99. The maximum atomic E-state index is 11.6. The molecule has 2 heterocycles. The van der Waals surface area contributed by atoms with Crippen molar-refractivity contribution in [2.75, 3.05) is 6.54 Å². The van der Waals surface area contributed by atoms with Crippen molar-refractivity contribution in [3.63, 3.8) is 0 Å². The van der Waals surface area contributed by atoms with E-state index in [1.165, 1.54) is 6.33 Å². The Kier molecular flexibility index (Phi) is 2.80. The average Bonchev–Trinajstić information content (AvgIpc) is 2.62. The average molecular weight is 220 g/mol. The Morgan fingerprint density at radius 2 is 2.44 bits per heavy atom. The van der Waals surface area contributed by atoms with E-state index in [-0.39, 0.29) is 18.2 Å². The second kappa shape index (κ2) is 4.26. The van der Waals surface area contributed by atoms with Crippen molar-refractivity contribution >= 4 is 11.8 Å². The smallest absolute Gasteiger partial charge is 0.223 e. The van der Waals surface area contributed by atoms with Crippen molar-refractivity contribution in [1.29, 1.82) is 0 Å². The fraction of sp³-hybridized carbons (Fsp3) is 0.400. The summed E-state index contributed by atoms with van der Waals surface area (Å²) < 4.78 is 0. The van der Waals surface area contributed by atoms with Gasteiger partial charge >= 0.3 is 0 Å². The fourth-order valence-electron chi connectivity index (χ4n) is 1.72. The Hall–Kier alpha value is -1.98. The number of hydrogen-bond acceptors (Lipinski definition) is 4. The summed E-state index contributed by atoms with van der Waals surface area (Å²) in [6, 6.07) is 1.74. The molecule has 6 nitrogen and oxygen atoms in total. The molecule has 0 saturated carbocycles. The Labute approximate surface area is 92.5 Å². The van der Waals surface area contributed by atoms with E-state index < -0.39 is 5.91 Å². The number of amides is 2. The molecule has 1 aliphatic heterocycles. The van der Waals surface area contributed by atoms with Gasteiger partial charge in [-0.2, -0.15) is 0 Å². The van der Waals surface area contributed by atoms with Gasteiger partial charge in [-0.15, -0.1) is 0 Å². The minimum Gasteiger partial charge on any atom is -0.369 e. The second-order valence-electron chi connectivity index (χ2n) is 3.78. The van der Waals surface area contributed by atoms with Crippen molar-refractivity contribution in [2.24, 2.45) is 11.7 Å². The van der Waals surface area contributed by atoms with Crippen molar-refractivity contribution < 1.29 is 9.59 Å². The van der Waals surface area contributed by atoms with E-state index in [0.29, 0.717) is 13.1 Å². The molecule has 2 N–H and O–H groups in total. The van der Waals surface area contributed by atoms with Crippen LogP contribution in [0.2, 0.25) is 0 Å². The van der Waals surface area contributed by atoms with Gasteiger partial charge in [-0.1, -0.05) is 0 Å². The molecular formula is C10H12N4O2. The normalized spacial score (nSPS) is 20.1. The number of aromatic nitrogens is 2. The van der Waals surface area contributed by atoms with Crippen molar-refractivity contribution in [3.05, 3.63) is 24.3 Å². The summed E-state index contributed by atoms with van der Waals surface area (Å²) in [5, 5.41) is 0. The van der Waals surface area contributed by atoms with Gasteiger partial charge in [0.25, 0.3) is 0 Å². The van der Waals surface area contributed by atoms with Gasteiger partial charge in [0.1, 0.15) is 6.33 Å². The molecule has 1 fully saturated rings. The van der Waals surface area contributed by atoms with Crippen molar-refractivity contribution in [2.45, 2.75) is 13.0 Å². The Bertz CT molecular complexity index is 407. The molecule has 1 saturated heterocycles. The molecule has 0 radical (unpaired) electrons. The summed E-state index contributed by atoms with van der Waals surface area (Å²) in [4.78, 5) is 31.9. The van der Waals surface area contributed by atoms with Gasteiger partial charge < -0.3 is 10.6 Å². The van der Waals surface area contributed by atoms with E-state index in [2.05, 4.69) is 9.97 Å². The lowest BCUT2D eigenvalue weighted by atomic mass is 10.1. The van der Waals surface area contributed by atoms with Gasteiger partial charge in [-0.25, -0.2) is 9.97 Å². The molecule has 1 aromatic rings. The summed E-state index contributed by atoms with van der Waals surface area (Å²) in [6.45, 7) is 0.795. The maximum Gasteiger partial charge on any atom is 0.223 e. The highest BCUT2D eigenvalue weighted by atomic mass is 16.2. The van der Waals surface area contributed by atoms with Crippen LogP contribution in [0.4, 0.5) is 0 Å². The van der Waals surface area contributed by atoms with Crippen LogP contribution in [0.25, 0.3) is 0 Å². The standard InChI is InChI=1S/C10H12N4O2/c11-10(16)7-3-9(15)14(4-7)5-8-1-2-12-6-13-8/h1-2,6-7H,3-5H2,(H2,11,16). The van der Waals surface area contributed by atoms with Crippen LogP contribution < -0.4 is 5.73 Å². The van der Waals surface area contributed by atoms with Crippen molar-refractivity contribution in [3.8, 4) is 0 Å². The zero-order valence-corrected chi connectivity index (χ0v) is 8.67. The number of nitrogens with zero attached hydrogens (tertiary/aromatic N) is 3. The van der Waals surface area contributed by atoms with E-state index >= 15 is 0 Å². The minimum absolute atomic E-state index is 0.0533. The topological polar surface area (TPSA) is 89.2 Å². The molecule has 6 heteroatoms. The minimum atomic E-state index is -0.418. The molecule has 0 aliphatic carbocycles. The SMILES string of the molecule is NC(=O)C1CC(=O)N(Cc2ccncn2)C1. The fourth-order valence-corrected chi connectivity index (χ4v) is 1.72. The van der Waals surface area contributed by atoms with E-state index in [0.717, 1.165) is 5.69 Å². The van der Waals surface area contributed by atoms with E-state index in [9.17, 15) is 9.59 Å². The molecule has 1 unspecified atom stereocenters. The summed E-state index contributed by atoms with van der Waals surface area (Å²) >= 11 is 0. The van der Waals surface area contributed by atoms with E-state index in [1.807, 2.05) is 0 Å². The highest BCUT2D eigenvalue weighted by Crippen LogP contribution is 2.18. The number of nitrogens with two attached hydrogens (primary N) is 1. The molecule has 0 bridgehead atoms. The third-order valence-corrected chi connectivity index (χ3v) is 2.61. The number of likely N-dealkylation sites (tertiary alicyclic amines) is 1. The van der Waals surface area contributed by atoms with Crippen LogP contribution in [0.5, 0.6) is 0 Å². The monoisotopic (exact) mass is 220 g/mol. The van der Waals surface area contributed by atoms with Gasteiger partial charge in [-0.3, -0.25) is 9.59 Å². The third-order valence-electron chi connectivity index (χ3n) is 2.61. The first-order chi connectivity index (χ1) is 7.66. The van der Waals surface area contributed by atoms with Crippen LogP contribution in [0, 0.1) is 5.92 Å². The quantitative estimate of drug-likeness (QED) is 0.730. The van der Waals surface area contributed by atoms with Crippen LogP contribution in [0.1, 0.15) is 12.1 Å². The molecule has 0 aromatic carbocycles. The summed E-state index contributed by atoms with van der Waals surface area (Å²) in [7, 11) is 0. The molecule has 2 rings (SSSR count). The lowest BCUT2D eigenvalue weighted by Crippen LogP contribution is -2.28. The van der Waals surface area contributed by atoms with Crippen LogP contribution in [-0.4, -0.2) is 33.2 Å². The lowest BCUT2D eigenvalue weighted by molar-refractivity contribution is -0.128. The predicted octanol–water partition coefficient (Wildman–Crippen LogP) is -0.690. The van der Waals surface area contributed by atoms with E-state index in [1.54, 1.807) is 17.2 Å². The first kappa shape index (κ1) is 10.5. The summed E-state index contributed by atoms with van der Waals surface area (Å²) in [6.07, 6.45) is 3.26. The molecule has 2 amide bonds. The zero-order chi connectivity index (χ0) is 11.5. The summed E-state index contributed by atoms with van der Waals surface area (Å²) in [5.74, 6) is -0.838. The van der Waals surface area contributed by atoms with Gasteiger partial charge in [0.15, 0.2) is 0 Å². The third kappa shape index (κ3) is 2.16. The lowest BCUT2D eigenvalue weighted by Gasteiger charge is -2.14. The molecule has 16 heavy (non-hydrogen) atoms. The van der Waals surface area contributed by atoms with Crippen LogP contribution >= 0.6 is 0 Å². The van der Waals surface area contributed by atoms with Gasteiger partial charge in [0.2, 0.25) is 11.8 Å². The predicted molar refractivity (Wildman–Crippen MR) is 54.8 cm³/mol. The van der Waals surface area contributed by atoms with Gasteiger partial charge in [0, 0.05) is 19.2 Å². The first-order valence-corrected chi connectivity index (χ1v) is 4.99. The van der Waals surface area contributed by atoms with Crippen LogP contribution in [-0.2, 0) is 16.1 Å². The molecule has 84 valence electrons. The number of carbonyl (C=O) groups is 2. The largest absolute Gasteiger partial charge is 0.369 e. The Morgan fingerprint density at radius 3 is 3.00 bits per heavy atom. The number of primary amides is 1. The van der Waals surface area contributed by atoms with Crippen molar-refractivity contribution in [1.82, 2.24) is 14.9 Å². The number of carbonyl (C=O) groups excluding carboxylic acids is 2. The maximum absolute atomic E-state index is 11.6. The molecule has 0 spiro atoms. The molecule has 1 atom stereocenters. The molecular weight excluding hydrogens is 208 g/mol. The second-order valence-corrected chi connectivity index (χ2v) is 3.78. The van der Waals surface area contributed by atoms with E-state index in [4.69, 9.17) is 5.73 Å². The number of hydrogen-bond donors (Lipinski definition) is 1. The molecule has 1 aromatic heterocycles. The Balaban J connectivity index is 2.02. The Morgan fingerprint density at radius 1 is 1.62 bits per heavy atom. The van der Waals surface area contributed by atoms with Gasteiger partial charge in [0.05, 0.1) is 18.2 Å². The van der Waals surface area contributed by atoms with Crippen LogP contribution in [0.3, 0.4) is 0 Å². The highest BCUT2D eigenvalue weighted by molar-refractivity contribution is 5.88. The van der Waals surface area contributed by atoms with Gasteiger partial charge in [-0.05, 0) is 6.07 Å². The zero-order valence-electron chi connectivity index (χ0n) is 8.67. The van der Waals surface area contributed by atoms with Crippen LogP contribution in [0.15, 0.2) is 18.6 Å². The highest BCUT2D eigenvalue weighted by Gasteiger charge is 2.32. The number of rotatable bonds is 3. The molecule has 1 aliphatic rings. The summed E-state index contributed by atoms with van der Waals surface area (Å²) in [5.41, 5.74) is 5.93.